The van der Waals surface area contributed by atoms with Gasteiger partial charge in [0.1, 0.15) is 12.4 Å². The van der Waals surface area contributed by atoms with Crippen LogP contribution in [0.5, 0.6) is 5.75 Å². The van der Waals surface area contributed by atoms with Crippen LogP contribution in [0.25, 0.3) is 0 Å². The molecular formula is C19H17Cl2N3O3. The Labute approximate surface area is 166 Å². The molecule has 0 atom stereocenters. The van der Waals surface area contributed by atoms with E-state index in [-0.39, 0.29) is 6.54 Å². The van der Waals surface area contributed by atoms with Crippen LogP contribution in [0.15, 0.2) is 60.2 Å². The molecule has 0 aliphatic heterocycles. The third-order valence-corrected chi connectivity index (χ3v) is 3.80. The summed E-state index contributed by atoms with van der Waals surface area (Å²) in [5.41, 5.74) is 3.71. The van der Waals surface area contributed by atoms with E-state index in [1.165, 1.54) is 12.3 Å². The summed E-state index contributed by atoms with van der Waals surface area (Å²) in [4.78, 5) is 22.8. The van der Waals surface area contributed by atoms with Crippen LogP contribution in [-0.4, -0.2) is 24.6 Å². The number of carbonyl (C=O) groups is 2. The quantitative estimate of drug-likeness (QED) is 0.321. The van der Waals surface area contributed by atoms with Crippen LogP contribution in [0.2, 0.25) is 10.0 Å². The molecular weight excluding hydrogens is 389 g/mol. The third kappa shape index (κ3) is 6.77. The molecule has 2 aromatic carbocycles. The van der Waals surface area contributed by atoms with E-state index in [0.717, 1.165) is 5.56 Å². The summed E-state index contributed by atoms with van der Waals surface area (Å²) in [6, 6.07) is 12.3. The Morgan fingerprint density at radius 2 is 1.85 bits per heavy atom. The Hall–Kier alpha value is -2.83. The second-order valence-corrected chi connectivity index (χ2v) is 6.15. The minimum atomic E-state index is -0.873. The summed E-state index contributed by atoms with van der Waals surface area (Å²) in [7, 11) is 0. The van der Waals surface area contributed by atoms with Crippen molar-refractivity contribution < 1.29 is 14.3 Å². The van der Waals surface area contributed by atoms with Crippen molar-refractivity contribution in [2.45, 2.75) is 6.61 Å². The minimum Gasteiger partial charge on any atom is -0.487 e. The lowest BCUT2D eigenvalue weighted by Crippen LogP contribution is -2.37. The number of amides is 2. The van der Waals surface area contributed by atoms with Gasteiger partial charge in [-0.1, -0.05) is 41.4 Å². The third-order valence-electron chi connectivity index (χ3n) is 3.26. The molecule has 6 nitrogen and oxygen atoms in total. The minimum absolute atomic E-state index is 0.197. The molecule has 0 aliphatic rings. The summed E-state index contributed by atoms with van der Waals surface area (Å²) in [6.07, 6.45) is 2.83. The molecule has 8 heteroatoms. The molecule has 0 unspecified atom stereocenters. The molecule has 0 heterocycles. The number of halogens is 2. The van der Waals surface area contributed by atoms with Crippen molar-refractivity contribution in [2.24, 2.45) is 5.10 Å². The Kier molecular flexibility index (Phi) is 7.85. The number of rotatable bonds is 7. The van der Waals surface area contributed by atoms with E-state index >= 15 is 0 Å². The number of nitrogens with zero attached hydrogens (tertiary/aromatic N) is 1. The van der Waals surface area contributed by atoms with Crippen LogP contribution in [-0.2, 0) is 16.2 Å². The standard InChI is InChI=1S/C19H17Cl2N3O3/c1-2-9-22-18(25)19(26)24-23-11-14-5-8-17(16(21)10-14)27-12-13-3-6-15(20)7-4-13/h2-8,10-11H,1,9,12H2,(H,22,25)(H,24,26)/b23-11-. The van der Waals surface area contributed by atoms with Crippen LogP contribution >= 0.6 is 23.2 Å². The highest BCUT2D eigenvalue weighted by atomic mass is 35.5. The van der Waals surface area contributed by atoms with Gasteiger partial charge >= 0.3 is 11.8 Å². The molecule has 2 amide bonds. The smallest absolute Gasteiger partial charge is 0.329 e. The highest BCUT2D eigenvalue weighted by molar-refractivity contribution is 6.35. The molecule has 0 saturated heterocycles. The highest BCUT2D eigenvalue weighted by Crippen LogP contribution is 2.26. The molecule has 2 N–H and O–H groups in total. The molecule has 2 rings (SSSR count). The first-order valence-electron chi connectivity index (χ1n) is 7.88. The molecule has 2 aromatic rings. The first kappa shape index (κ1) is 20.5. The van der Waals surface area contributed by atoms with Crippen LogP contribution in [0.4, 0.5) is 0 Å². The zero-order valence-corrected chi connectivity index (χ0v) is 15.8. The van der Waals surface area contributed by atoms with Gasteiger partial charge in [0.2, 0.25) is 0 Å². The lowest BCUT2D eigenvalue weighted by molar-refractivity contribution is -0.139. The van der Waals surface area contributed by atoms with E-state index in [0.29, 0.717) is 28.0 Å². The van der Waals surface area contributed by atoms with Crippen LogP contribution in [0.1, 0.15) is 11.1 Å². The fourth-order valence-electron chi connectivity index (χ4n) is 1.92. The molecule has 0 bridgehead atoms. The molecule has 0 saturated carbocycles. The number of carbonyl (C=O) groups excluding carboxylic acids is 2. The van der Waals surface area contributed by atoms with E-state index in [2.05, 4.69) is 22.4 Å². The number of benzene rings is 2. The lowest BCUT2D eigenvalue weighted by atomic mass is 10.2. The van der Waals surface area contributed by atoms with Gasteiger partial charge in [-0.3, -0.25) is 9.59 Å². The number of nitrogens with one attached hydrogen (secondary N) is 2. The highest BCUT2D eigenvalue weighted by Gasteiger charge is 2.10. The topological polar surface area (TPSA) is 79.8 Å². The van der Waals surface area contributed by atoms with Gasteiger partial charge in [-0.15, -0.1) is 6.58 Å². The number of hydrogen-bond acceptors (Lipinski definition) is 4. The van der Waals surface area contributed by atoms with Gasteiger partial charge in [0, 0.05) is 11.6 Å². The van der Waals surface area contributed by atoms with Crippen molar-refractivity contribution in [1.82, 2.24) is 10.7 Å². The average molecular weight is 406 g/mol. The van der Waals surface area contributed by atoms with Gasteiger partial charge in [-0.2, -0.15) is 5.10 Å². The summed E-state index contributed by atoms with van der Waals surface area (Å²) >= 11 is 12.0. The van der Waals surface area contributed by atoms with Crippen molar-refractivity contribution in [3.63, 3.8) is 0 Å². The largest absolute Gasteiger partial charge is 0.487 e. The van der Waals surface area contributed by atoms with Crippen molar-refractivity contribution in [1.29, 1.82) is 0 Å². The van der Waals surface area contributed by atoms with E-state index < -0.39 is 11.8 Å². The van der Waals surface area contributed by atoms with Crippen molar-refractivity contribution in [2.75, 3.05) is 6.54 Å². The zero-order chi connectivity index (χ0) is 19.6. The fourth-order valence-corrected chi connectivity index (χ4v) is 2.29. The van der Waals surface area contributed by atoms with Gasteiger partial charge in [-0.25, -0.2) is 5.43 Å². The molecule has 0 radical (unpaired) electrons. The summed E-state index contributed by atoms with van der Waals surface area (Å²) in [6.45, 7) is 3.98. The van der Waals surface area contributed by atoms with Crippen molar-refractivity contribution in [3.05, 3.63) is 76.3 Å². The molecule has 0 spiro atoms. The number of hydrogen-bond donors (Lipinski definition) is 2. The second kappa shape index (κ2) is 10.4. The molecule has 140 valence electrons. The van der Waals surface area contributed by atoms with Gasteiger partial charge in [0.05, 0.1) is 11.2 Å². The predicted molar refractivity (Wildman–Crippen MR) is 106 cm³/mol. The second-order valence-electron chi connectivity index (χ2n) is 5.30. The predicted octanol–water partition coefficient (Wildman–Crippen LogP) is 3.32. The average Bonchev–Trinajstić information content (AvgIpc) is 2.66. The zero-order valence-electron chi connectivity index (χ0n) is 14.2. The number of hydrazone groups is 1. The summed E-state index contributed by atoms with van der Waals surface area (Å²) in [5, 5.41) is 7.11. The number of ether oxygens (including phenoxy) is 1. The Morgan fingerprint density at radius 3 is 2.52 bits per heavy atom. The molecule has 0 aliphatic carbocycles. The Bertz CT molecular complexity index is 852. The summed E-state index contributed by atoms with van der Waals surface area (Å²) < 4.78 is 5.68. The van der Waals surface area contributed by atoms with E-state index in [9.17, 15) is 9.59 Å². The van der Waals surface area contributed by atoms with Gasteiger partial charge in [-0.05, 0) is 41.5 Å². The normalized spacial score (nSPS) is 10.4. The first-order chi connectivity index (χ1) is 13.0. The van der Waals surface area contributed by atoms with E-state index in [1.807, 2.05) is 12.1 Å². The van der Waals surface area contributed by atoms with Crippen LogP contribution < -0.4 is 15.5 Å². The fraction of sp³-hybridized carbons (Fsp3) is 0.105. The van der Waals surface area contributed by atoms with E-state index in [1.54, 1.807) is 30.3 Å². The molecule has 27 heavy (non-hydrogen) atoms. The van der Waals surface area contributed by atoms with Crippen LogP contribution in [0, 0.1) is 0 Å². The summed E-state index contributed by atoms with van der Waals surface area (Å²) in [5.74, 6) is -1.16. The van der Waals surface area contributed by atoms with E-state index in [4.69, 9.17) is 27.9 Å². The Balaban J connectivity index is 1.89. The van der Waals surface area contributed by atoms with Gasteiger partial charge < -0.3 is 10.1 Å². The maximum Gasteiger partial charge on any atom is 0.329 e. The monoisotopic (exact) mass is 405 g/mol. The SMILES string of the molecule is C=CCNC(=O)C(=O)N/N=C\c1ccc(OCc2ccc(Cl)cc2)c(Cl)c1. The van der Waals surface area contributed by atoms with Gasteiger partial charge in [0.15, 0.2) is 0 Å². The van der Waals surface area contributed by atoms with Crippen LogP contribution in [0.3, 0.4) is 0 Å². The molecule has 0 aromatic heterocycles. The van der Waals surface area contributed by atoms with Crippen molar-refractivity contribution >= 4 is 41.2 Å². The van der Waals surface area contributed by atoms with Gasteiger partial charge in [0.25, 0.3) is 0 Å². The maximum atomic E-state index is 11.5. The Morgan fingerprint density at radius 1 is 1.11 bits per heavy atom. The maximum absolute atomic E-state index is 11.5. The lowest BCUT2D eigenvalue weighted by Gasteiger charge is -2.08. The molecule has 0 fully saturated rings. The first-order valence-corrected chi connectivity index (χ1v) is 8.64. The van der Waals surface area contributed by atoms with Crippen molar-refractivity contribution in [3.8, 4) is 5.75 Å².